The fourth-order valence-electron chi connectivity index (χ4n) is 1.85. The molecule has 0 aromatic rings. The van der Waals surface area contributed by atoms with Gasteiger partial charge in [0.15, 0.2) is 5.79 Å². The minimum Gasteiger partial charge on any atom is -0.344 e. The van der Waals surface area contributed by atoms with Crippen molar-refractivity contribution in [3.05, 3.63) is 0 Å². The largest absolute Gasteiger partial charge is 0.344 e. The van der Waals surface area contributed by atoms with Crippen molar-refractivity contribution in [2.45, 2.75) is 59.5 Å². The van der Waals surface area contributed by atoms with Crippen LogP contribution in [-0.4, -0.2) is 18.0 Å². The molecule has 0 spiro atoms. The Bertz CT molecular complexity index is 155. The van der Waals surface area contributed by atoms with Crippen LogP contribution in [0.25, 0.3) is 0 Å². The molecule has 2 heteroatoms. The fraction of sp³-hybridized carbons (Fsp3) is 1.00. The Morgan fingerprint density at radius 1 is 0.846 bits per heavy atom. The number of rotatable bonds is 2. The van der Waals surface area contributed by atoms with Gasteiger partial charge in [0.1, 0.15) is 0 Å². The van der Waals surface area contributed by atoms with Gasteiger partial charge >= 0.3 is 0 Å². The summed E-state index contributed by atoms with van der Waals surface area (Å²) in [6, 6.07) is 0. The summed E-state index contributed by atoms with van der Waals surface area (Å²) in [6.45, 7) is 12.7. The van der Waals surface area contributed by atoms with Gasteiger partial charge in [-0.1, -0.05) is 27.7 Å². The molecule has 2 unspecified atom stereocenters. The highest BCUT2D eigenvalue weighted by Crippen LogP contribution is 2.35. The van der Waals surface area contributed by atoms with Gasteiger partial charge in [-0.05, 0) is 25.7 Å². The summed E-state index contributed by atoms with van der Waals surface area (Å²) in [7, 11) is 0. The average Bonchev–Trinajstić information content (AvgIpc) is 2.26. The van der Waals surface area contributed by atoms with Crippen LogP contribution in [0.3, 0.4) is 0 Å². The SMILES string of the molecule is CC(C)C1OC(C)(C)OC1C(C)C. The number of hydrogen-bond donors (Lipinski definition) is 0. The molecule has 1 saturated heterocycles. The first kappa shape index (κ1) is 11.0. The normalized spacial score (nSPS) is 33.2. The van der Waals surface area contributed by atoms with Crippen LogP contribution in [0.5, 0.6) is 0 Å². The lowest BCUT2D eigenvalue weighted by Crippen LogP contribution is -2.31. The summed E-state index contributed by atoms with van der Waals surface area (Å²) >= 11 is 0. The second kappa shape index (κ2) is 3.58. The summed E-state index contributed by atoms with van der Waals surface area (Å²) < 4.78 is 11.7. The van der Waals surface area contributed by atoms with E-state index in [1.165, 1.54) is 0 Å². The Morgan fingerprint density at radius 3 is 1.38 bits per heavy atom. The molecule has 1 rings (SSSR count). The minimum atomic E-state index is -0.399. The van der Waals surface area contributed by atoms with Crippen LogP contribution in [0.4, 0.5) is 0 Å². The van der Waals surface area contributed by atoms with Crippen LogP contribution in [0.2, 0.25) is 0 Å². The maximum Gasteiger partial charge on any atom is 0.163 e. The van der Waals surface area contributed by atoms with Crippen LogP contribution in [0, 0.1) is 11.8 Å². The summed E-state index contributed by atoms with van der Waals surface area (Å²) in [5.74, 6) is 0.646. The molecule has 0 amide bonds. The molecule has 0 aliphatic carbocycles. The highest BCUT2D eigenvalue weighted by atomic mass is 16.8. The molecule has 1 heterocycles. The molecule has 0 N–H and O–H groups in total. The van der Waals surface area contributed by atoms with E-state index in [4.69, 9.17) is 9.47 Å². The third kappa shape index (κ3) is 2.44. The van der Waals surface area contributed by atoms with E-state index < -0.39 is 5.79 Å². The molecule has 78 valence electrons. The quantitative estimate of drug-likeness (QED) is 0.660. The second-order valence-corrected chi connectivity index (χ2v) is 5.05. The Hall–Kier alpha value is -0.0800. The smallest absolute Gasteiger partial charge is 0.163 e. The van der Waals surface area contributed by atoms with Crippen LogP contribution >= 0.6 is 0 Å². The lowest BCUT2D eigenvalue weighted by Gasteiger charge is -2.22. The van der Waals surface area contributed by atoms with Gasteiger partial charge in [0.2, 0.25) is 0 Å². The van der Waals surface area contributed by atoms with E-state index in [-0.39, 0.29) is 12.2 Å². The average molecular weight is 186 g/mol. The summed E-state index contributed by atoms with van der Waals surface area (Å²) in [6.07, 6.45) is 0.491. The van der Waals surface area contributed by atoms with E-state index in [1.807, 2.05) is 13.8 Å². The van der Waals surface area contributed by atoms with Gasteiger partial charge in [0.05, 0.1) is 12.2 Å². The lowest BCUT2D eigenvalue weighted by atomic mass is 9.94. The molecule has 1 aliphatic heterocycles. The molecule has 2 nitrogen and oxygen atoms in total. The standard InChI is InChI=1S/C11H22O2/c1-7(2)9-10(8(3)4)13-11(5,6)12-9/h7-10H,1-6H3. The van der Waals surface area contributed by atoms with Crippen molar-refractivity contribution in [1.29, 1.82) is 0 Å². The van der Waals surface area contributed by atoms with E-state index in [0.717, 1.165) is 0 Å². The van der Waals surface area contributed by atoms with Crippen molar-refractivity contribution >= 4 is 0 Å². The van der Waals surface area contributed by atoms with Crippen molar-refractivity contribution < 1.29 is 9.47 Å². The molecule has 1 fully saturated rings. The summed E-state index contributed by atoms with van der Waals surface area (Å²) in [4.78, 5) is 0. The van der Waals surface area contributed by atoms with E-state index >= 15 is 0 Å². The molecule has 2 atom stereocenters. The molecular weight excluding hydrogens is 164 g/mol. The zero-order valence-electron chi connectivity index (χ0n) is 9.63. The maximum absolute atomic E-state index is 5.86. The van der Waals surface area contributed by atoms with Gasteiger partial charge in [0, 0.05) is 0 Å². The first-order chi connectivity index (χ1) is 5.83. The molecular formula is C11H22O2. The predicted molar refractivity (Wildman–Crippen MR) is 53.5 cm³/mol. The molecule has 0 radical (unpaired) electrons. The van der Waals surface area contributed by atoms with Crippen molar-refractivity contribution in [3.63, 3.8) is 0 Å². The van der Waals surface area contributed by atoms with Crippen LogP contribution in [0.1, 0.15) is 41.5 Å². The summed E-state index contributed by atoms with van der Waals surface area (Å²) in [5.41, 5.74) is 0. The van der Waals surface area contributed by atoms with Crippen molar-refractivity contribution in [2.75, 3.05) is 0 Å². The zero-order chi connectivity index (χ0) is 10.2. The summed E-state index contributed by atoms with van der Waals surface area (Å²) in [5, 5.41) is 0. The highest BCUT2D eigenvalue weighted by molar-refractivity contribution is 4.85. The predicted octanol–water partition coefficient (Wildman–Crippen LogP) is 2.82. The molecule has 0 bridgehead atoms. The van der Waals surface area contributed by atoms with Gasteiger partial charge in [-0.15, -0.1) is 0 Å². The van der Waals surface area contributed by atoms with Gasteiger partial charge in [-0.2, -0.15) is 0 Å². The second-order valence-electron chi connectivity index (χ2n) is 5.05. The van der Waals surface area contributed by atoms with Crippen molar-refractivity contribution in [3.8, 4) is 0 Å². The number of hydrogen-bond acceptors (Lipinski definition) is 2. The van der Waals surface area contributed by atoms with Gasteiger partial charge < -0.3 is 9.47 Å². The Balaban J connectivity index is 2.71. The highest BCUT2D eigenvalue weighted by Gasteiger charge is 2.43. The van der Waals surface area contributed by atoms with Crippen LogP contribution in [-0.2, 0) is 9.47 Å². The van der Waals surface area contributed by atoms with Gasteiger partial charge in [-0.3, -0.25) is 0 Å². The van der Waals surface area contributed by atoms with Crippen molar-refractivity contribution in [2.24, 2.45) is 11.8 Å². The molecule has 0 aromatic heterocycles. The van der Waals surface area contributed by atoms with Crippen LogP contribution in [0.15, 0.2) is 0 Å². The topological polar surface area (TPSA) is 18.5 Å². The maximum atomic E-state index is 5.86. The third-order valence-electron chi connectivity index (χ3n) is 2.48. The van der Waals surface area contributed by atoms with E-state index in [1.54, 1.807) is 0 Å². The Labute approximate surface area is 81.6 Å². The van der Waals surface area contributed by atoms with E-state index in [9.17, 15) is 0 Å². The van der Waals surface area contributed by atoms with Gasteiger partial charge in [-0.25, -0.2) is 0 Å². The monoisotopic (exact) mass is 186 g/mol. The van der Waals surface area contributed by atoms with Crippen molar-refractivity contribution in [1.82, 2.24) is 0 Å². The minimum absolute atomic E-state index is 0.245. The Kier molecular flexibility index (Phi) is 3.03. The lowest BCUT2D eigenvalue weighted by molar-refractivity contribution is -0.152. The zero-order valence-corrected chi connectivity index (χ0v) is 9.63. The molecule has 0 saturated carbocycles. The Morgan fingerprint density at radius 2 is 1.15 bits per heavy atom. The number of ether oxygens (including phenoxy) is 2. The van der Waals surface area contributed by atoms with E-state index in [2.05, 4.69) is 27.7 Å². The third-order valence-corrected chi connectivity index (χ3v) is 2.48. The molecule has 13 heavy (non-hydrogen) atoms. The first-order valence-corrected chi connectivity index (χ1v) is 5.19. The van der Waals surface area contributed by atoms with E-state index in [0.29, 0.717) is 11.8 Å². The van der Waals surface area contributed by atoms with Crippen LogP contribution < -0.4 is 0 Å². The first-order valence-electron chi connectivity index (χ1n) is 5.19. The molecule has 1 aliphatic rings. The fourth-order valence-corrected chi connectivity index (χ4v) is 1.85. The molecule has 0 aromatic carbocycles. The van der Waals surface area contributed by atoms with Gasteiger partial charge in [0.25, 0.3) is 0 Å².